The Morgan fingerprint density at radius 2 is 0.620 bits per heavy atom. The summed E-state index contributed by atoms with van der Waals surface area (Å²) in [5.41, 5.74) is 1.15. The number of rotatable bonds is 30. The predicted octanol–water partition coefficient (Wildman–Crippen LogP) is 1.76. The van der Waals surface area contributed by atoms with Crippen molar-refractivity contribution in [2.24, 2.45) is 11.8 Å². The third-order valence-electron chi connectivity index (χ3n) is 17.3. The van der Waals surface area contributed by atoms with Gasteiger partial charge >= 0.3 is 23.9 Å². The molecule has 12 amide bonds. The molecule has 30 nitrogen and oxygen atoms in total. The summed E-state index contributed by atoms with van der Waals surface area (Å²) in [5.74, 6) is -18.7. The van der Waals surface area contributed by atoms with Crippen molar-refractivity contribution in [2.45, 2.75) is 116 Å². The third-order valence-corrected chi connectivity index (χ3v) is 17.3. The van der Waals surface area contributed by atoms with Gasteiger partial charge in [0.1, 0.15) is 61.4 Å². The topological polar surface area (TPSA) is 457 Å². The number of benzene rings is 7. The highest BCUT2D eigenvalue weighted by atomic mass is 16.4. The first kappa shape index (κ1) is 72.0. The van der Waals surface area contributed by atoms with Crippen molar-refractivity contribution in [1.82, 2.24) is 52.3 Å². The standard InChI is InChI=1S/C70H70N10O20/c1-31(2)57(69(97)98)77-63(91)47(27-51(83)84)75-61(89)45(25-35-13-9-7-10-14-35)73-59(87)33(5)71-49(81)29-79-65(93)41-21-17-37-39-19-23-43-56-44(24-20-40(54(39)56)38-18-22-42(66(79)94)55(41)53(37)38)68(96)80(67(43)95)30-50(82)72-34(6)60(88)74-46(26-36-15-11-8-12-16-36)62(90)76-48(28-52(85)86)64(92)78-58(32(3)4)70(99)100/h7-24,31-34,45-48,57-58H,25-30H2,1-6H3,(H,71,81)(H,72,82)(H,73,87)(H,74,88)(H,75,89)(H,76,90)(H,77,91)(H,78,92)(H,83,84)(H,85,86)(H,97,98)(H,99,100)/t33-,34?,45-,46-,47-,48?,57-,58-/m0/s1. The van der Waals surface area contributed by atoms with Crippen molar-refractivity contribution < 1.29 is 97.1 Å². The van der Waals surface area contributed by atoms with Crippen molar-refractivity contribution in [3.05, 3.63) is 143 Å². The quantitative estimate of drug-likeness (QED) is 0.0173. The molecule has 2 aliphatic rings. The van der Waals surface area contributed by atoms with Gasteiger partial charge in [-0.05, 0) is 93.4 Å². The molecule has 9 rings (SSSR count). The maximum absolute atomic E-state index is 14.4. The summed E-state index contributed by atoms with van der Waals surface area (Å²) < 4.78 is 0. The maximum atomic E-state index is 14.4. The Labute approximate surface area is 568 Å². The Bertz CT molecular complexity index is 4150. The van der Waals surface area contributed by atoms with Gasteiger partial charge < -0.3 is 63.0 Å². The van der Waals surface area contributed by atoms with Crippen LogP contribution in [0, 0.1) is 11.8 Å². The summed E-state index contributed by atoms with van der Waals surface area (Å²) in [7, 11) is 0. The number of aliphatic carboxylic acids is 4. The Morgan fingerprint density at radius 3 is 0.890 bits per heavy atom. The van der Waals surface area contributed by atoms with Gasteiger partial charge in [-0.1, -0.05) is 113 Å². The van der Waals surface area contributed by atoms with Crippen LogP contribution in [-0.2, 0) is 70.4 Å². The molecule has 0 aliphatic carbocycles. The minimum absolute atomic E-state index is 0.0295. The van der Waals surface area contributed by atoms with E-state index < -0.39 is 181 Å². The minimum atomic E-state index is -1.79. The third kappa shape index (κ3) is 15.4. The van der Waals surface area contributed by atoms with E-state index in [1.165, 1.54) is 65.8 Å². The lowest BCUT2D eigenvalue weighted by molar-refractivity contribution is -0.145. The smallest absolute Gasteiger partial charge is 0.326 e. The van der Waals surface area contributed by atoms with Crippen molar-refractivity contribution in [3.8, 4) is 0 Å². The van der Waals surface area contributed by atoms with Crippen LogP contribution in [0.25, 0.3) is 43.1 Å². The number of carbonyl (C=O) groups is 16. The van der Waals surface area contributed by atoms with Crippen LogP contribution in [-0.4, -0.2) is 186 Å². The Kier molecular flexibility index (Phi) is 21.6. The summed E-state index contributed by atoms with van der Waals surface area (Å²) in [6, 6.07) is 16.5. The summed E-state index contributed by atoms with van der Waals surface area (Å²) in [5, 5.41) is 60.9. The molecule has 30 heteroatoms. The van der Waals surface area contributed by atoms with Gasteiger partial charge in [-0.3, -0.25) is 76.9 Å². The number of nitrogens with one attached hydrogen (secondary N) is 8. The van der Waals surface area contributed by atoms with Crippen LogP contribution in [0.5, 0.6) is 0 Å². The summed E-state index contributed by atoms with van der Waals surface area (Å²) in [4.78, 5) is 216. The SMILES string of the molecule is CC(NC(=O)CN1C(=O)c2ccc3c4ccc5c6c(ccc(c7ccc(c2c37)C1=O)c64)C(=O)N(CC(=O)N[C@@H](C)C(=O)N[C@@H](Cc1ccccc1)C(=O)N[C@@H](CC(=O)O)C(=O)N[C@H](C(=O)O)C(C)C)C5=O)C(=O)N[C@@H](Cc1ccccc1)C(=O)NC(CC(=O)O)C(=O)N[C@H](C(=O)O)C(C)C. The largest absolute Gasteiger partial charge is 0.481 e. The second kappa shape index (κ2) is 30.0. The monoisotopic (exact) mass is 1370 g/mol. The Balaban J connectivity index is 0.884. The van der Waals surface area contributed by atoms with E-state index in [1.807, 2.05) is 0 Å². The van der Waals surface area contributed by atoms with Crippen LogP contribution in [0.15, 0.2) is 109 Å². The van der Waals surface area contributed by atoms with E-state index in [-0.39, 0.29) is 45.9 Å². The van der Waals surface area contributed by atoms with Gasteiger partial charge in [-0.25, -0.2) is 9.59 Å². The van der Waals surface area contributed by atoms with E-state index in [0.717, 1.165) is 0 Å². The zero-order chi connectivity index (χ0) is 72.9. The van der Waals surface area contributed by atoms with Gasteiger partial charge in [0, 0.05) is 45.9 Å². The molecule has 8 atom stereocenters. The second-order valence-corrected chi connectivity index (χ2v) is 25.1. The number of carbonyl (C=O) groups excluding carboxylic acids is 12. The summed E-state index contributed by atoms with van der Waals surface area (Å²) in [6.07, 6.45) is -2.32. The molecule has 0 fully saturated rings. The molecule has 0 saturated carbocycles. The lowest BCUT2D eigenvalue weighted by Gasteiger charge is -2.30. The first-order chi connectivity index (χ1) is 47.3. The van der Waals surface area contributed by atoms with Crippen LogP contribution in [0.3, 0.4) is 0 Å². The Hall–Kier alpha value is -12.2. The molecule has 7 aromatic rings. The van der Waals surface area contributed by atoms with E-state index in [1.54, 1.807) is 84.9 Å². The molecule has 12 N–H and O–H groups in total. The number of imide groups is 2. The molecular weight excluding hydrogens is 1300 g/mol. The van der Waals surface area contributed by atoms with Gasteiger partial charge in [0.25, 0.3) is 23.6 Å². The zero-order valence-electron chi connectivity index (χ0n) is 54.6. The van der Waals surface area contributed by atoms with E-state index in [4.69, 9.17) is 0 Å². The van der Waals surface area contributed by atoms with Gasteiger partial charge in [-0.2, -0.15) is 0 Å². The van der Waals surface area contributed by atoms with Gasteiger partial charge in [0.2, 0.25) is 47.3 Å². The number of hydrogen-bond donors (Lipinski definition) is 12. The van der Waals surface area contributed by atoms with Crippen LogP contribution in [0.4, 0.5) is 0 Å². The molecule has 0 aromatic heterocycles. The normalized spacial score (nSPS) is 15.1. The highest BCUT2D eigenvalue weighted by molar-refractivity contribution is 6.41. The molecule has 2 aliphatic heterocycles. The number of amides is 12. The lowest BCUT2D eigenvalue weighted by Crippen LogP contribution is -2.59. The number of hydrogen-bond acceptors (Lipinski definition) is 16. The number of carboxylic acids is 4. The summed E-state index contributed by atoms with van der Waals surface area (Å²) in [6.45, 7) is 6.78. The van der Waals surface area contributed by atoms with E-state index in [9.17, 15) is 97.1 Å². The number of fused-ring (bicyclic) bond motifs is 2. The van der Waals surface area contributed by atoms with Crippen molar-refractivity contribution >= 4 is 138 Å². The molecule has 0 radical (unpaired) electrons. The summed E-state index contributed by atoms with van der Waals surface area (Å²) >= 11 is 0. The van der Waals surface area contributed by atoms with Gasteiger partial charge in [0.15, 0.2) is 0 Å². The molecule has 0 spiro atoms. The zero-order valence-corrected chi connectivity index (χ0v) is 54.6. The molecule has 2 unspecified atom stereocenters. The van der Waals surface area contributed by atoms with Crippen LogP contribution in [0.2, 0.25) is 0 Å². The van der Waals surface area contributed by atoms with E-state index in [0.29, 0.717) is 53.2 Å². The fraction of sp³-hybridized carbons (Fsp3) is 0.314. The Morgan fingerprint density at radius 1 is 0.340 bits per heavy atom. The lowest BCUT2D eigenvalue weighted by atomic mass is 9.82. The fourth-order valence-corrected chi connectivity index (χ4v) is 12.2. The van der Waals surface area contributed by atoms with Crippen molar-refractivity contribution in [3.63, 3.8) is 0 Å². The first-order valence-corrected chi connectivity index (χ1v) is 31.7. The molecule has 520 valence electrons. The molecule has 0 saturated heterocycles. The second-order valence-electron chi connectivity index (χ2n) is 25.1. The number of nitrogens with zero attached hydrogens (tertiary/aromatic N) is 2. The van der Waals surface area contributed by atoms with Crippen LogP contribution >= 0.6 is 0 Å². The van der Waals surface area contributed by atoms with E-state index in [2.05, 4.69) is 42.5 Å². The molecule has 100 heavy (non-hydrogen) atoms. The number of carboxylic acid groups (broad SMARTS) is 4. The maximum Gasteiger partial charge on any atom is 0.326 e. The highest BCUT2D eigenvalue weighted by Gasteiger charge is 2.41. The fourth-order valence-electron chi connectivity index (χ4n) is 12.2. The molecular formula is C70H70N10O20. The highest BCUT2D eigenvalue weighted by Crippen LogP contribution is 2.46. The van der Waals surface area contributed by atoms with Crippen molar-refractivity contribution in [2.75, 3.05) is 13.1 Å². The molecule has 7 aromatic carbocycles. The van der Waals surface area contributed by atoms with Crippen LogP contribution in [0.1, 0.15) is 107 Å². The van der Waals surface area contributed by atoms with Gasteiger partial charge in [0.05, 0.1) is 12.8 Å². The molecule has 0 bridgehead atoms. The first-order valence-electron chi connectivity index (χ1n) is 31.7. The van der Waals surface area contributed by atoms with E-state index >= 15 is 0 Å². The van der Waals surface area contributed by atoms with Crippen molar-refractivity contribution in [1.29, 1.82) is 0 Å². The average molecular weight is 1370 g/mol. The van der Waals surface area contributed by atoms with Gasteiger partial charge in [-0.15, -0.1) is 0 Å². The predicted molar refractivity (Wildman–Crippen MR) is 355 cm³/mol. The molecule has 2 heterocycles. The minimum Gasteiger partial charge on any atom is -0.481 e. The van der Waals surface area contributed by atoms with Crippen LogP contribution < -0.4 is 42.5 Å². The average Bonchev–Trinajstić information content (AvgIpc) is 0.691.